The van der Waals surface area contributed by atoms with E-state index in [-0.39, 0.29) is 31.3 Å². The second kappa shape index (κ2) is 12.4. The molecule has 4 heterocycles. The van der Waals surface area contributed by atoms with Crippen molar-refractivity contribution in [2.45, 2.75) is 52.4 Å². The summed E-state index contributed by atoms with van der Waals surface area (Å²) < 4.78 is 4.18. The Labute approximate surface area is 320 Å². The minimum absolute atomic E-state index is 0. The number of aromatic nitrogens is 4. The predicted octanol–water partition coefficient (Wildman–Crippen LogP) is 7.92. The SMILES string of the molecule is CC(C)(C)c1ccc2c(c1)-c1cc(C(C)(C)C)ccc1[Si]2(c1[c-]c2c(cc1)c1ccccc1n2-c1[c-]c(-n2cccn2)ccc1)c1ccccn1.[Pd+2]. The molecule has 0 saturated heterocycles. The monoisotopic (exact) mass is 782 g/mol. The Hall–Kier alpha value is -4.86. The molecular weight excluding hydrogens is 743 g/mol. The molecule has 4 nitrogen and oxygen atoms in total. The van der Waals surface area contributed by atoms with Crippen molar-refractivity contribution in [2.75, 3.05) is 0 Å². The summed E-state index contributed by atoms with van der Waals surface area (Å²) in [5.74, 6) is 0. The Kier molecular flexibility index (Phi) is 8.15. The van der Waals surface area contributed by atoms with Gasteiger partial charge in [-0.25, -0.2) is 0 Å². The number of pyridine rings is 1. The molecule has 0 atom stereocenters. The van der Waals surface area contributed by atoms with Crippen LogP contribution in [0.3, 0.4) is 0 Å². The van der Waals surface area contributed by atoms with Crippen molar-refractivity contribution in [1.82, 2.24) is 19.3 Å². The first-order valence-electron chi connectivity index (χ1n) is 17.8. The summed E-state index contributed by atoms with van der Waals surface area (Å²) in [5, 5.41) is 11.9. The molecule has 1 aliphatic heterocycles. The Balaban J connectivity index is 0.00000387. The van der Waals surface area contributed by atoms with Crippen LogP contribution >= 0.6 is 0 Å². The summed E-state index contributed by atoms with van der Waals surface area (Å²) in [5.41, 5.74) is 9.37. The van der Waals surface area contributed by atoms with Crippen LogP contribution in [-0.2, 0) is 31.3 Å². The molecule has 0 amide bonds. The van der Waals surface area contributed by atoms with Gasteiger partial charge in [-0.3, -0.25) is 9.67 Å². The Morgan fingerprint density at radius 2 is 1.27 bits per heavy atom. The van der Waals surface area contributed by atoms with Crippen LogP contribution in [0.1, 0.15) is 52.7 Å². The summed E-state index contributed by atoms with van der Waals surface area (Å²) in [6, 6.07) is 50.2. The molecule has 8 aromatic rings. The van der Waals surface area contributed by atoms with Gasteiger partial charge in [0.25, 0.3) is 0 Å². The Morgan fingerprint density at radius 3 is 1.90 bits per heavy atom. The zero-order chi connectivity index (χ0) is 35.1. The van der Waals surface area contributed by atoms with E-state index in [0.29, 0.717) is 0 Å². The van der Waals surface area contributed by atoms with Crippen LogP contribution in [0.2, 0.25) is 0 Å². The molecule has 52 heavy (non-hydrogen) atoms. The third kappa shape index (κ3) is 5.19. The van der Waals surface area contributed by atoms with E-state index in [9.17, 15) is 0 Å². The zero-order valence-electron chi connectivity index (χ0n) is 30.3. The van der Waals surface area contributed by atoms with Crippen LogP contribution in [-0.4, -0.2) is 27.4 Å². The summed E-state index contributed by atoms with van der Waals surface area (Å²) >= 11 is 0. The fourth-order valence-electron chi connectivity index (χ4n) is 8.04. The number of fused-ring (bicyclic) bond motifs is 6. The molecule has 0 spiro atoms. The molecule has 0 bridgehead atoms. The maximum Gasteiger partial charge on any atom is 2.00 e. The zero-order valence-corrected chi connectivity index (χ0v) is 32.9. The van der Waals surface area contributed by atoms with Crippen molar-refractivity contribution in [3.8, 4) is 22.5 Å². The van der Waals surface area contributed by atoms with E-state index in [1.807, 2.05) is 35.3 Å². The van der Waals surface area contributed by atoms with Crippen molar-refractivity contribution in [3.63, 3.8) is 0 Å². The Morgan fingerprint density at radius 1 is 0.596 bits per heavy atom. The molecule has 3 aromatic heterocycles. The van der Waals surface area contributed by atoms with Crippen molar-refractivity contribution >= 4 is 50.8 Å². The van der Waals surface area contributed by atoms with E-state index >= 15 is 0 Å². The third-order valence-electron chi connectivity index (χ3n) is 10.7. The summed E-state index contributed by atoms with van der Waals surface area (Å²) in [6.07, 6.45) is 5.72. The molecule has 0 radical (unpaired) electrons. The van der Waals surface area contributed by atoms with Crippen LogP contribution in [0.15, 0.2) is 134 Å². The normalized spacial score (nSPS) is 13.6. The molecule has 1 aliphatic rings. The van der Waals surface area contributed by atoms with Gasteiger partial charge in [0.2, 0.25) is 0 Å². The third-order valence-corrected chi connectivity index (χ3v) is 15.3. The molecule has 0 unspecified atom stereocenters. The van der Waals surface area contributed by atoms with Gasteiger partial charge >= 0.3 is 20.4 Å². The van der Waals surface area contributed by atoms with E-state index in [0.717, 1.165) is 27.7 Å². The average Bonchev–Trinajstić information content (AvgIpc) is 3.85. The fraction of sp³-hybridized carbons (Fsp3) is 0.174. The minimum Gasteiger partial charge on any atom is -0.358 e. The van der Waals surface area contributed by atoms with Gasteiger partial charge in [0.1, 0.15) is 0 Å². The van der Waals surface area contributed by atoms with Gasteiger partial charge in [0.15, 0.2) is 8.07 Å². The minimum atomic E-state index is -2.94. The van der Waals surface area contributed by atoms with Crippen LogP contribution in [0.5, 0.6) is 0 Å². The molecule has 9 rings (SSSR count). The number of nitrogens with zero attached hydrogens (tertiary/aromatic N) is 4. The van der Waals surface area contributed by atoms with Gasteiger partial charge < -0.3 is 4.57 Å². The van der Waals surface area contributed by atoms with Gasteiger partial charge in [-0.1, -0.05) is 113 Å². The molecular formula is C46H40N4PdSi. The molecule has 5 aromatic carbocycles. The molecule has 0 aliphatic carbocycles. The Bertz CT molecular complexity index is 2540. The largest absolute Gasteiger partial charge is 2.00 e. The van der Waals surface area contributed by atoms with Gasteiger partial charge in [-0.05, 0) is 78.8 Å². The first kappa shape index (κ1) is 34.2. The van der Waals surface area contributed by atoms with Crippen LogP contribution < -0.4 is 20.9 Å². The van der Waals surface area contributed by atoms with E-state index in [4.69, 9.17) is 4.98 Å². The molecule has 0 fully saturated rings. The van der Waals surface area contributed by atoms with E-state index < -0.39 is 8.07 Å². The molecule has 0 saturated carbocycles. The van der Waals surface area contributed by atoms with E-state index in [1.165, 1.54) is 48.6 Å². The summed E-state index contributed by atoms with van der Waals surface area (Å²) in [6.45, 7) is 13.8. The maximum atomic E-state index is 5.21. The second-order valence-electron chi connectivity index (χ2n) is 15.8. The van der Waals surface area contributed by atoms with Crippen LogP contribution in [0.25, 0.3) is 44.3 Å². The first-order chi connectivity index (χ1) is 24.5. The van der Waals surface area contributed by atoms with Crippen molar-refractivity contribution in [3.05, 3.63) is 157 Å². The summed E-state index contributed by atoms with van der Waals surface area (Å²) in [7, 11) is -2.94. The number of para-hydroxylation sites is 1. The molecule has 6 heteroatoms. The number of hydrogen-bond acceptors (Lipinski definition) is 2. The molecule has 258 valence electrons. The standard InChI is InChI=1S/C46H40N4Si.Pd/c1-45(2,3)31-18-22-42-38(27-31)39-28-32(46(4,5)6)19-23-43(39)51(42,44-17-9-10-24-47-44)35-20-21-37-36-15-7-8-16-40(36)50(41(37)30-35)34-14-11-13-33(29-34)49-26-12-25-48-49;/h7-28H,1-6H3;/q-2;+2. The first-order valence-corrected chi connectivity index (χ1v) is 19.8. The van der Waals surface area contributed by atoms with Gasteiger partial charge in [0, 0.05) is 29.4 Å². The van der Waals surface area contributed by atoms with Crippen molar-refractivity contribution in [2.24, 2.45) is 0 Å². The quantitative estimate of drug-likeness (QED) is 0.135. The van der Waals surface area contributed by atoms with Crippen molar-refractivity contribution < 1.29 is 20.4 Å². The van der Waals surface area contributed by atoms with Gasteiger partial charge in [-0.15, -0.1) is 23.6 Å². The average molecular weight is 783 g/mol. The van der Waals surface area contributed by atoms with E-state index in [1.54, 1.807) is 6.20 Å². The number of benzene rings is 5. The second-order valence-corrected chi connectivity index (χ2v) is 19.5. The van der Waals surface area contributed by atoms with E-state index in [2.05, 4.69) is 160 Å². The smallest absolute Gasteiger partial charge is 0.358 e. The van der Waals surface area contributed by atoms with Gasteiger partial charge in [0.05, 0.1) is 0 Å². The van der Waals surface area contributed by atoms with Crippen LogP contribution in [0.4, 0.5) is 0 Å². The van der Waals surface area contributed by atoms with Crippen molar-refractivity contribution in [1.29, 1.82) is 0 Å². The predicted molar refractivity (Wildman–Crippen MR) is 213 cm³/mol. The number of rotatable bonds is 4. The fourth-order valence-corrected chi connectivity index (χ4v) is 12.9. The summed E-state index contributed by atoms with van der Waals surface area (Å²) in [4.78, 5) is 5.21. The topological polar surface area (TPSA) is 35.6 Å². The molecule has 0 N–H and O–H groups in total. The maximum absolute atomic E-state index is 5.21. The number of hydrogen-bond donors (Lipinski definition) is 0. The van der Waals surface area contributed by atoms with Crippen LogP contribution in [0, 0.1) is 12.1 Å². The van der Waals surface area contributed by atoms with Gasteiger partial charge in [-0.2, -0.15) is 34.6 Å².